The quantitative estimate of drug-likeness (QED) is 0.607. The van der Waals surface area contributed by atoms with Crippen LogP contribution in [0, 0.1) is 17.5 Å². The number of nitrogens with one attached hydrogen (secondary N) is 1. The van der Waals surface area contributed by atoms with Crippen LogP contribution >= 0.6 is 0 Å². The van der Waals surface area contributed by atoms with Crippen LogP contribution in [0.25, 0.3) is 0 Å². The molecule has 1 nitrogen and oxygen atoms in total. The van der Waals surface area contributed by atoms with Gasteiger partial charge in [0.15, 0.2) is 17.5 Å². The molecule has 0 saturated carbocycles. The van der Waals surface area contributed by atoms with Gasteiger partial charge in [-0.1, -0.05) is 30.7 Å². The van der Waals surface area contributed by atoms with E-state index in [9.17, 15) is 13.2 Å². The van der Waals surface area contributed by atoms with E-state index in [2.05, 4.69) is 11.4 Å². The lowest BCUT2D eigenvalue weighted by atomic mass is 9.99. The molecule has 21 heavy (non-hydrogen) atoms. The summed E-state index contributed by atoms with van der Waals surface area (Å²) in [6, 6.07) is 10.1. The summed E-state index contributed by atoms with van der Waals surface area (Å²) in [5.74, 6) is -3.76. The second kappa shape index (κ2) is 5.80. The van der Waals surface area contributed by atoms with Crippen molar-refractivity contribution in [2.45, 2.75) is 31.7 Å². The number of hydrogen-bond donors (Lipinski definition) is 1. The van der Waals surface area contributed by atoms with E-state index < -0.39 is 17.5 Å². The average Bonchev–Trinajstić information content (AvgIpc) is 2.67. The average molecular weight is 291 g/mol. The van der Waals surface area contributed by atoms with Crippen molar-refractivity contribution in [3.63, 3.8) is 0 Å². The molecule has 0 aliphatic heterocycles. The van der Waals surface area contributed by atoms with Crippen LogP contribution in [0.5, 0.6) is 0 Å². The number of rotatable bonds is 2. The third-order valence-electron chi connectivity index (χ3n) is 3.94. The summed E-state index contributed by atoms with van der Waals surface area (Å²) in [6.07, 6.45) is 4.04. The second-order valence-corrected chi connectivity index (χ2v) is 5.40. The van der Waals surface area contributed by atoms with Gasteiger partial charge in [-0.15, -0.1) is 0 Å². The lowest BCUT2D eigenvalue weighted by Crippen LogP contribution is -2.12. The van der Waals surface area contributed by atoms with E-state index in [0.717, 1.165) is 43.4 Å². The Morgan fingerprint density at radius 2 is 1.67 bits per heavy atom. The fourth-order valence-electron chi connectivity index (χ4n) is 2.91. The lowest BCUT2D eigenvalue weighted by molar-refractivity contribution is 0.447. The van der Waals surface area contributed by atoms with Crippen LogP contribution in [0.3, 0.4) is 0 Å². The summed E-state index contributed by atoms with van der Waals surface area (Å²) >= 11 is 0. The fraction of sp³-hybridized carbons (Fsp3) is 0.294. The molecule has 0 radical (unpaired) electrons. The molecule has 2 aromatic rings. The van der Waals surface area contributed by atoms with Gasteiger partial charge in [-0.2, -0.15) is 0 Å². The minimum absolute atomic E-state index is 0.00652. The molecule has 0 fully saturated rings. The zero-order valence-corrected chi connectivity index (χ0v) is 11.5. The summed E-state index contributed by atoms with van der Waals surface area (Å²) in [5.41, 5.74) is 2.68. The monoisotopic (exact) mass is 291 g/mol. The van der Waals surface area contributed by atoms with Crippen LogP contribution in [0.15, 0.2) is 36.4 Å². The SMILES string of the molecule is Fc1cc(NC2CCCCc3ccccc32)cc(F)c1F. The van der Waals surface area contributed by atoms with E-state index in [-0.39, 0.29) is 11.7 Å². The number of anilines is 1. The fourth-order valence-corrected chi connectivity index (χ4v) is 2.91. The first-order chi connectivity index (χ1) is 10.1. The van der Waals surface area contributed by atoms with Gasteiger partial charge in [0.25, 0.3) is 0 Å². The maximum atomic E-state index is 13.3. The number of benzene rings is 2. The third kappa shape index (κ3) is 2.89. The predicted octanol–water partition coefficient (Wildman–Crippen LogP) is 4.98. The molecule has 0 heterocycles. The molecule has 0 bridgehead atoms. The highest BCUT2D eigenvalue weighted by Crippen LogP contribution is 2.32. The Labute approximate surface area is 121 Å². The molecule has 110 valence electrons. The van der Waals surface area contributed by atoms with Gasteiger partial charge in [0.05, 0.1) is 6.04 Å². The number of hydrogen-bond acceptors (Lipinski definition) is 1. The van der Waals surface area contributed by atoms with Crippen molar-refractivity contribution in [3.05, 3.63) is 65.0 Å². The Balaban J connectivity index is 1.91. The molecule has 1 N–H and O–H groups in total. The molecule has 2 aromatic carbocycles. The van der Waals surface area contributed by atoms with Crippen LogP contribution in [0.2, 0.25) is 0 Å². The maximum absolute atomic E-state index is 13.3. The van der Waals surface area contributed by atoms with Crippen molar-refractivity contribution in [2.24, 2.45) is 0 Å². The van der Waals surface area contributed by atoms with Crippen molar-refractivity contribution in [1.29, 1.82) is 0 Å². The smallest absolute Gasteiger partial charge is 0.194 e. The van der Waals surface area contributed by atoms with E-state index in [4.69, 9.17) is 0 Å². The van der Waals surface area contributed by atoms with Crippen LogP contribution in [-0.4, -0.2) is 0 Å². The molecule has 0 aromatic heterocycles. The van der Waals surface area contributed by atoms with Crippen molar-refractivity contribution >= 4 is 5.69 Å². The molecule has 1 unspecified atom stereocenters. The molecule has 3 rings (SSSR count). The molecular formula is C17H16F3N. The molecule has 0 amide bonds. The number of fused-ring (bicyclic) bond motifs is 1. The number of halogens is 3. The van der Waals surface area contributed by atoms with E-state index in [1.54, 1.807) is 0 Å². The largest absolute Gasteiger partial charge is 0.378 e. The molecule has 0 saturated heterocycles. The minimum atomic E-state index is -1.43. The Hall–Kier alpha value is -1.97. The van der Waals surface area contributed by atoms with E-state index in [0.29, 0.717) is 0 Å². The second-order valence-electron chi connectivity index (χ2n) is 5.40. The van der Waals surface area contributed by atoms with Gasteiger partial charge in [-0.05, 0) is 30.4 Å². The van der Waals surface area contributed by atoms with Gasteiger partial charge < -0.3 is 5.32 Å². The van der Waals surface area contributed by atoms with Gasteiger partial charge >= 0.3 is 0 Å². The van der Waals surface area contributed by atoms with Crippen molar-refractivity contribution in [1.82, 2.24) is 0 Å². The topological polar surface area (TPSA) is 12.0 Å². The summed E-state index contributed by atoms with van der Waals surface area (Å²) in [7, 11) is 0. The van der Waals surface area contributed by atoms with E-state index in [1.165, 1.54) is 5.56 Å². The summed E-state index contributed by atoms with van der Waals surface area (Å²) in [6.45, 7) is 0. The molecule has 1 aliphatic carbocycles. The van der Waals surface area contributed by atoms with Gasteiger partial charge in [0, 0.05) is 17.8 Å². The highest BCUT2D eigenvalue weighted by atomic mass is 19.2. The maximum Gasteiger partial charge on any atom is 0.194 e. The van der Waals surface area contributed by atoms with Crippen LogP contribution < -0.4 is 5.32 Å². The van der Waals surface area contributed by atoms with Gasteiger partial charge in [-0.3, -0.25) is 0 Å². The molecular weight excluding hydrogens is 275 g/mol. The highest BCUT2D eigenvalue weighted by Gasteiger charge is 2.19. The normalized spacial score (nSPS) is 18.0. The molecule has 1 atom stereocenters. The first-order valence-electron chi connectivity index (χ1n) is 7.14. The molecule has 1 aliphatic rings. The summed E-state index contributed by atoms with van der Waals surface area (Å²) in [4.78, 5) is 0. The van der Waals surface area contributed by atoms with E-state index >= 15 is 0 Å². The van der Waals surface area contributed by atoms with Gasteiger partial charge in [0.2, 0.25) is 0 Å². The molecule has 4 heteroatoms. The zero-order valence-electron chi connectivity index (χ0n) is 11.5. The standard InChI is InChI=1S/C17H16F3N/c18-14-9-12(10-15(19)17(14)20)21-16-8-4-2-6-11-5-1-3-7-13(11)16/h1,3,5,7,9-10,16,21H,2,4,6,8H2. The lowest BCUT2D eigenvalue weighted by Gasteiger charge is -2.20. The van der Waals surface area contributed by atoms with Crippen LogP contribution in [-0.2, 0) is 6.42 Å². The van der Waals surface area contributed by atoms with Gasteiger partial charge in [0.1, 0.15) is 0 Å². The predicted molar refractivity (Wildman–Crippen MR) is 76.7 cm³/mol. The Morgan fingerprint density at radius 3 is 2.43 bits per heavy atom. The first-order valence-corrected chi connectivity index (χ1v) is 7.14. The minimum Gasteiger partial charge on any atom is -0.378 e. The van der Waals surface area contributed by atoms with Gasteiger partial charge in [-0.25, -0.2) is 13.2 Å². The van der Waals surface area contributed by atoms with E-state index in [1.807, 2.05) is 18.2 Å². The van der Waals surface area contributed by atoms with Crippen molar-refractivity contribution < 1.29 is 13.2 Å². The zero-order chi connectivity index (χ0) is 14.8. The summed E-state index contributed by atoms with van der Waals surface area (Å²) < 4.78 is 39.6. The number of aryl methyl sites for hydroxylation is 1. The van der Waals surface area contributed by atoms with Crippen LogP contribution in [0.4, 0.5) is 18.9 Å². The Morgan fingerprint density at radius 1 is 0.952 bits per heavy atom. The van der Waals surface area contributed by atoms with Crippen molar-refractivity contribution in [2.75, 3.05) is 5.32 Å². The Kier molecular flexibility index (Phi) is 3.86. The Bertz CT molecular complexity index is 631. The molecule has 0 spiro atoms. The third-order valence-corrected chi connectivity index (χ3v) is 3.94. The highest BCUT2D eigenvalue weighted by molar-refractivity contribution is 5.47. The van der Waals surface area contributed by atoms with Crippen molar-refractivity contribution in [3.8, 4) is 0 Å². The first kappa shape index (κ1) is 14.0. The summed E-state index contributed by atoms with van der Waals surface area (Å²) in [5, 5.41) is 3.14. The van der Waals surface area contributed by atoms with Crippen LogP contribution in [0.1, 0.15) is 36.4 Å².